The number of hydrogen-bond donors (Lipinski definition) is 1. The second-order valence-electron chi connectivity index (χ2n) is 4.90. The zero-order valence-electron chi connectivity index (χ0n) is 11.2. The maximum Gasteiger partial charge on any atom is 0.337 e. The third-order valence-corrected chi connectivity index (χ3v) is 3.61. The first-order valence-corrected chi connectivity index (χ1v) is 6.73. The molecule has 0 atom stereocenters. The van der Waals surface area contributed by atoms with Gasteiger partial charge in [-0.25, -0.2) is 9.78 Å². The van der Waals surface area contributed by atoms with E-state index in [9.17, 15) is 4.79 Å². The first-order chi connectivity index (χ1) is 9.74. The van der Waals surface area contributed by atoms with E-state index in [0.717, 1.165) is 50.6 Å². The van der Waals surface area contributed by atoms with E-state index >= 15 is 0 Å². The average molecular weight is 275 g/mol. The van der Waals surface area contributed by atoms with E-state index in [4.69, 9.17) is 9.84 Å². The van der Waals surface area contributed by atoms with Crippen molar-refractivity contribution in [1.29, 1.82) is 0 Å². The van der Waals surface area contributed by atoms with Gasteiger partial charge in [0.05, 0.1) is 30.5 Å². The number of aromatic carboxylic acids is 1. The molecule has 0 spiro atoms. The minimum absolute atomic E-state index is 0.281. The molecule has 0 aromatic carbocycles. The molecule has 6 heteroatoms. The predicted octanol–water partition coefficient (Wildman–Crippen LogP) is 0.907. The highest BCUT2D eigenvalue weighted by Crippen LogP contribution is 2.11. The summed E-state index contributed by atoms with van der Waals surface area (Å²) < 4.78 is 7.19. The number of carboxylic acid groups (broad SMARTS) is 1. The normalized spacial score (nSPS) is 16.6. The Morgan fingerprint density at radius 1 is 1.35 bits per heavy atom. The van der Waals surface area contributed by atoms with E-state index < -0.39 is 5.97 Å². The Hall–Kier alpha value is -1.92. The fourth-order valence-electron chi connectivity index (χ4n) is 2.44. The number of morpholine rings is 1. The lowest BCUT2D eigenvalue weighted by atomic mass is 10.2. The standard InChI is InChI=1S/C14H17N3O3/c18-14(19)11-1-2-12-9-15-13(17(12)10-11)3-4-16-5-7-20-8-6-16/h1-2,9-10H,3-8H2,(H,18,19). The number of carbonyl (C=O) groups is 1. The van der Waals surface area contributed by atoms with E-state index in [2.05, 4.69) is 9.88 Å². The van der Waals surface area contributed by atoms with Gasteiger partial charge in [-0.3, -0.25) is 4.90 Å². The van der Waals surface area contributed by atoms with Gasteiger partial charge in [0.1, 0.15) is 5.82 Å². The van der Waals surface area contributed by atoms with Gasteiger partial charge < -0.3 is 14.2 Å². The second kappa shape index (κ2) is 5.60. The largest absolute Gasteiger partial charge is 0.478 e. The average Bonchev–Trinajstić information content (AvgIpc) is 2.88. The van der Waals surface area contributed by atoms with Gasteiger partial charge in [-0.2, -0.15) is 0 Å². The quantitative estimate of drug-likeness (QED) is 0.898. The highest BCUT2D eigenvalue weighted by atomic mass is 16.5. The summed E-state index contributed by atoms with van der Waals surface area (Å²) >= 11 is 0. The van der Waals surface area contributed by atoms with Gasteiger partial charge in [0.2, 0.25) is 0 Å². The summed E-state index contributed by atoms with van der Waals surface area (Å²) in [7, 11) is 0. The third-order valence-electron chi connectivity index (χ3n) is 3.61. The van der Waals surface area contributed by atoms with Crippen LogP contribution in [0.5, 0.6) is 0 Å². The summed E-state index contributed by atoms with van der Waals surface area (Å²) in [5, 5.41) is 9.05. The molecule has 0 bridgehead atoms. The van der Waals surface area contributed by atoms with Gasteiger partial charge >= 0.3 is 5.97 Å². The van der Waals surface area contributed by atoms with Crippen LogP contribution in [0.2, 0.25) is 0 Å². The van der Waals surface area contributed by atoms with E-state index in [1.54, 1.807) is 24.5 Å². The summed E-state index contributed by atoms with van der Waals surface area (Å²) in [5.41, 5.74) is 1.20. The predicted molar refractivity (Wildman–Crippen MR) is 73.1 cm³/mol. The van der Waals surface area contributed by atoms with Gasteiger partial charge in [0, 0.05) is 32.3 Å². The monoisotopic (exact) mass is 275 g/mol. The van der Waals surface area contributed by atoms with Crippen molar-refractivity contribution < 1.29 is 14.6 Å². The Bertz CT molecular complexity index is 617. The van der Waals surface area contributed by atoms with Crippen molar-refractivity contribution in [3.63, 3.8) is 0 Å². The molecule has 20 heavy (non-hydrogen) atoms. The van der Waals surface area contributed by atoms with Crippen molar-refractivity contribution in [2.75, 3.05) is 32.8 Å². The number of fused-ring (bicyclic) bond motifs is 1. The number of rotatable bonds is 4. The van der Waals surface area contributed by atoms with Crippen molar-refractivity contribution >= 4 is 11.5 Å². The molecular weight excluding hydrogens is 258 g/mol. The van der Waals surface area contributed by atoms with Crippen LogP contribution in [0, 0.1) is 0 Å². The molecule has 6 nitrogen and oxygen atoms in total. The minimum atomic E-state index is -0.917. The first kappa shape index (κ1) is 13.1. The van der Waals surface area contributed by atoms with Crippen LogP contribution in [0.4, 0.5) is 0 Å². The first-order valence-electron chi connectivity index (χ1n) is 6.73. The fraction of sp³-hybridized carbons (Fsp3) is 0.429. The summed E-state index contributed by atoms with van der Waals surface area (Å²) in [4.78, 5) is 17.8. The maximum atomic E-state index is 11.0. The smallest absolute Gasteiger partial charge is 0.337 e. The molecule has 1 aliphatic heterocycles. The number of hydrogen-bond acceptors (Lipinski definition) is 4. The van der Waals surface area contributed by atoms with Crippen LogP contribution in [-0.4, -0.2) is 58.2 Å². The molecule has 0 saturated carbocycles. The van der Waals surface area contributed by atoms with Crippen LogP contribution in [0.3, 0.4) is 0 Å². The number of pyridine rings is 1. The van der Waals surface area contributed by atoms with E-state index in [0.29, 0.717) is 0 Å². The van der Waals surface area contributed by atoms with Crippen LogP contribution < -0.4 is 0 Å². The van der Waals surface area contributed by atoms with Crippen LogP contribution >= 0.6 is 0 Å². The molecule has 3 rings (SSSR count). The van der Waals surface area contributed by atoms with E-state index in [-0.39, 0.29) is 5.56 Å². The molecule has 3 heterocycles. The Labute approximate surface area is 116 Å². The molecule has 1 aliphatic rings. The second-order valence-corrected chi connectivity index (χ2v) is 4.90. The topological polar surface area (TPSA) is 67.1 Å². The van der Waals surface area contributed by atoms with Crippen molar-refractivity contribution in [2.45, 2.75) is 6.42 Å². The molecule has 0 amide bonds. The summed E-state index contributed by atoms with van der Waals surface area (Å²) in [6.45, 7) is 4.38. The highest BCUT2D eigenvalue weighted by molar-refractivity contribution is 5.87. The zero-order valence-corrected chi connectivity index (χ0v) is 11.2. The molecule has 2 aromatic rings. The number of imidazole rings is 1. The number of carboxylic acids is 1. The SMILES string of the molecule is O=C(O)c1ccc2cnc(CCN3CCOCC3)n2c1. The van der Waals surface area contributed by atoms with E-state index in [1.807, 2.05) is 4.40 Å². The fourth-order valence-corrected chi connectivity index (χ4v) is 2.44. The van der Waals surface area contributed by atoms with Crippen molar-refractivity contribution in [1.82, 2.24) is 14.3 Å². The van der Waals surface area contributed by atoms with Crippen molar-refractivity contribution in [3.8, 4) is 0 Å². The minimum Gasteiger partial charge on any atom is -0.478 e. The molecule has 2 aromatic heterocycles. The summed E-state index contributed by atoms with van der Waals surface area (Å²) in [6, 6.07) is 3.39. The van der Waals surface area contributed by atoms with Crippen LogP contribution in [0.25, 0.3) is 5.52 Å². The Kier molecular flexibility index (Phi) is 3.66. The molecule has 1 fully saturated rings. The highest BCUT2D eigenvalue weighted by Gasteiger charge is 2.12. The number of nitrogens with zero attached hydrogens (tertiary/aromatic N) is 3. The molecule has 1 N–H and O–H groups in total. The van der Waals surface area contributed by atoms with Crippen LogP contribution in [0.15, 0.2) is 24.5 Å². The number of ether oxygens (including phenoxy) is 1. The lowest BCUT2D eigenvalue weighted by molar-refractivity contribution is 0.0382. The molecular formula is C14H17N3O3. The van der Waals surface area contributed by atoms with Crippen LogP contribution in [0.1, 0.15) is 16.2 Å². The summed E-state index contributed by atoms with van der Waals surface area (Å²) in [5.74, 6) is -0.0191. The van der Waals surface area contributed by atoms with Crippen molar-refractivity contribution in [2.24, 2.45) is 0 Å². The van der Waals surface area contributed by atoms with Gasteiger partial charge in [0.25, 0.3) is 0 Å². The molecule has 1 saturated heterocycles. The van der Waals surface area contributed by atoms with Gasteiger partial charge in [-0.15, -0.1) is 0 Å². The van der Waals surface area contributed by atoms with Crippen LogP contribution in [-0.2, 0) is 11.2 Å². The van der Waals surface area contributed by atoms with Gasteiger partial charge in [-0.1, -0.05) is 0 Å². The maximum absolute atomic E-state index is 11.0. The molecule has 0 radical (unpaired) electrons. The Morgan fingerprint density at radius 2 is 2.15 bits per heavy atom. The Balaban J connectivity index is 1.76. The lowest BCUT2D eigenvalue weighted by Crippen LogP contribution is -2.37. The summed E-state index contributed by atoms with van der Waals surface area (Å²) in [6.07, 6.45) is 4.22. The number of aromatic nitrogens is 2. The van der Waals surface area contributed by atoms with Gasteiger partial charge in [0.15, 0.2) is 0 Å². The Morgan fingerprint density at radius 3 is 2.90 bits per heavy atom. The van der Waals surface area contributed by atoms with Crippen molar-refractivity contribution in [3.05, 3.63) is 35.9 Å². The molecule has 0 aliphatic carbocycles. The lowest BCUT2D eigenvalue weighted by Gasteiger charge is -2.26. The van der Waals surface area contributed by atoms with E-state index in [1.165, 1.54) is 0 Å². The molecule has 106 valence electrons. The van der Waals surface area contributed by atoms with Gasteiger partial charge in [-0.05, 0) is 12.1 Å². The zero-order chi connectivity index (χ0) is 13.9. The molecule has 0 unspecified atom stereocenters. The third kappa shape index (κ3) is 2.66.